The number of ether oxygens (including phenoxy) is 1. The maximum absolute atomic E-state index is 11.7. The number of rotatable bonds is 3. The van der Waals surface area contributed by atoms with Crippen molar-refractivity contribution in [1.82, 2.24) is 0 Å². The molecule has 3 heteroatoms. The Kier molecular flexibility index (Phi) is 5.37. The van der Waals surface area contributed by atoms with Crippen LogP contribution in [0.4, 0.5) is 0 Å². The van der Waals surface area contributed by atoms with Crippen molar-refractivity contribution in [2.75, 3.05) is 6.61 Å². The summed E-state index contributed by atoms with van der Waals surface area (Å²) in [6.07, 6.45) is 6.17. The molecule has 1 aliphatic rings. The van der Waals surface area contributed by atoms with E-state index >= 15 is 0 Å². The monoisotopic (exact) mass is 212 g/mol. The Hall–Kier alpha value is -0.860. The van der Waals surface area contributed by atoms with Gasteiger partial charge in [0, 0.05) is 12.3 Å². The maximum atomic E-state index is 11.7. The normalized spacial score (nSPS) is 23.0. The Bertz CT molecular complexity index is 223. The molecule has 0 spiro atoms. The minimum absolute atomic E-state index is 0.0793. The van der Waals surface area contributed by atoms with E-state index in [-0.39, 0.29) is 24.1 Å². The Morgan fingerprint density at radius 3 is 2.80 bits per heavy atom. The van der Waals surface area contributed by atoms with Crippen molar-refractivity contribution < 1.29 is 14.3 Å². The molecule has 1 rings (SSSR count). The number of ketones is 1. The molecule has 1 aliphatic carbocycles. The first-order valence-electron chi connectivity index (χ1n) is 5.92. The molecule has 0 heterocycles. The summed E-state index contributed by atoms with van der Waals surface area (Å²) in [5, 5.41) is 0. The fourth-order valence-electron chi connectivity index (χ4n) is 2.05. The van der Waals surface area contributed by atoms with Crippen molar-refractivity contribution in [2.24, 2.45) is 5.92 Å². The highest BCUT2D eigenvalue weighted by Gasteiger charge is 2.22. The maximum Gasteiger partial charge on any atom is 0.306 e. The van der Waals surface area contributed by atoms with E-state index in [0.717, 1.165) is 25.7 Å². The summed E-state index contributed by atoms with van der Waals surface area (Å²) in [7, 11) is 0. The molecule has 0 aromatic carbocycles. The van der Waals surface area contributed by atoms with Crippen LogP contribution in [0, 0.1) is 5.92 Å². The summed E-state index contributed by atoms with van der Waals surface area (Å²) < 4.78 is 4.87. The zero-order valence-electron chi connectivity index (χ0n) is 9.46. The average molecular weight is 212 g/mol. The molecule has 1 saturated carbocycles. The van der Waals surface area contributed by atoms with Crippen LogP contribution in [0.2, 0.25) is 0 Å². The second-order valence-electron chi connectivity index (χ2n) is 4.13. The molecular weight excluding hydrogens is 192 g/mol. The van der Waals surface area contributed by atoms with Crippen molar-refractivity contribution in [3.05, 3.63) is 0 Å². The first kappa shape index (κ1) is 12.2. The van der Waals surface area contributed by atoms with Gasteiger partial charge >= 0.3 is 5.97 Å². The number of carbonyl (C=O) groups is 2. The summed E-state index contributed by atoms with van der Waals surface area (Å²) in [4.78, 5) is 23.0. The van der Waals surface area contributed by atoms with E-state index in [9.17, 15) is 9.59 Å². The first-order valence-corrected chi connectivity index (χ1v) is 5.92. The van der Waals surface area contributed by atoms with Gasteiger partial charge in [-0.15, -0.1) is 0 Å². The molecule has 0 saturated heterocycles. The van der Waals surface area contributed by atoms with E-state index in [1.807, 2.05) is 0 Å². The molecule has 0 aliphatic heterocycles. The van der Waals surface area contributed by atoms with Gasteiger partial charge in [-0.2, -0.15) is 0 Å². The second-order valence-corrected chi connectivity index (χ2v) is 4.13. The number of Topliss-reactive ketones (excluding diaryl/α,β-unsaturated/α-hetero) is 1. The van der Waals surface area contributed by atoms with Crippen LogP contribution in [0.1, 0.15) is 51.9 Å². The van der Waals surface area contributed by atoms with E-state index < -0.39 is 0 Å². The Balaban J connectivity index is 2.41. The lowest BCUT2D eigenvalue weighted by Gasteiger charge is -2.17. The highest BCUT2D eigenvalue weighted by atomic mass is 16.5. The van der Waals surface area contributed by atoms with Gasteiger partial charge in [0.05, 0.1) is 13.0 Å². The van der Waals surface area contributed by atoms with E-state index in [1.165, 1.54) is 6.42 Å². The highest BCUT2D eigenvalue weighted by molar-refractivity contribution is 5.85. The standard InChI is InChI=1S/C12H20O3/c1-2-15-12(14)9-10-7-5-3-4-6-8-11(10)13/h10H,2-9H2,1H3. The molecule has 3 nitrogen and oxygen atoms in total. The molecule has 1 atom stereocenters. The summed E-state index contributed by atoms with van der Waals surface area (Å²) >= 11 is 0. The van der Waals surface area contributed by atoms with E-state index in [0.29, 0.717) is 13.0 Å². The third kappa shape index (κ3) is 4.45. The minimum atomic E-state index is -0.226. The molecule has 1 unspecified atom stereocenters. The predicted octanol–water partition coefficient (Wildman–Crippen LogP) is 2.48. The lowest BCUT2D eigenvalue weighted by molar-refractivity contribution is -0.146. The second kappa shape index (κ2) is 6.59. The lowest BCUT2D eigenvalue weighted by Crippen LogP contribution is -2.21. The van der Waals surface area contributed by atoms with Crippen molar-refractivity contribution in [3.8, 4) is 0 Å². The number of esters is 1. The van der Waals surface area contributed by atoms with Crippen LogP contribution in [0.3, 0.4) is 0 Å². The third-order valence-electron chi connectivity index (χ3n) is 2.90. The molecule has 0 radical (unpaired) electrons. The quantitative estimate of drug-likeness (QED) is 0.675. The summed E-state index contributed by atoms with van der Waals surface area (Å²) in [6, 6.07) is 0. The van der Waals surface area contributed by atoms with Gasteiger partial charge in [0.25, 0.3) is 0 Å². The Labute approximate surface area is 91.2 Å². The molecule has 0 bridgehead atoms. The van der Waals surface area contributed by atoms with E-state index in [1.54, 1.807) is 6.92 Å². The molecule has 0 N–H and O–H groups in total. The topological polar surface area (TPSA) is 43.4 Å². The largest absolute Gasteiger partial charge is 0.466 e. The van der Waals surface area contributed by atoms with Crippen molar-refractivity contribution in [2.45, 2.75) is 51.9 Å². The minimum Gasteiger partial charge on any atom is -0.466 e. The lowest BCUT2D eigenvalue weighted by atomic mass is 9.88. The van der Waals surface area contributed by atoms with Crippen molar-refractivity contribution in [1.29, 1.82) is 0 Å². The zero-order valence-corrected chi connectivity index (χ0v) is 9.46. The van der Waals surface area contributed by atoms with Gasteiger partial charge in [0.15, 0.2) is 0 Å². The average Bonchev–Trinajstić information content (AvgIpc) is 2.18. The van der Waals surface area contributed by atoms with Gasteiger partial charge in [-0.3, -0.25) is 9.59 Å². The highest BCUT2D eigenvalue weighted by Crippen LogP contribution is 2.22. The van der Waals surface area contributed by atoms with Crippen molar-refractivity contribution in [3.63, 3.8) is 0 Å². The van der Waals surface area contributed by atoms with E-state index in [4.69, 9.17) is 4.74 Å². The van der Waals surface area contributed by atoms with Crippen LogP contribution in [0.5, 0.6) is 0 Å². The molecular formula is C12H20O3. The molecule has 0 aromatic heterocycles. The Morgan fingerprint density at radius 2 is 2.07 bits per heavy atom. The van der Waals surface area contributed by atoms with Crippen LogP contribution in [0.25, 0.3) is 0 Å². The number of carbonyl (C=O) groups excluding carboxylic acids is 2. The fourth-order valence-corrected chi connectivity index (χ4v) is 2.05. The molecule has 86 valence electrons. The van der Waals surface area contributed by atoms with Gasteiger partial charge < -0.3 is 4.74 Å². The predicted molar refractivity (Wildman–Crippen MR) is 57.4 cm³/mol. The SMILES string of the molecule is CCOC(=O)CC1CCCCCCC1=O. The summed E-state index contributed by atoms with van der Waals surface area (Å²) in [5.74, 6) is -0.0523. The van der Waals surface area contributed by atoms with Gasteiger partial charge in [0.2, 0.25) is 0 Å². The van der Waals surface area contributed by atoms with E-state index in [2.05, 4.69) is 0 Å². The van der Waals surface area contributed by atoms with Crippen LogP contribution in [-0.2, 0) is 14.3 Å². The molecule has 0 aromatic rings. The summed E-state index contributed by atoms with van der Waals surface area (Å²) in [5.41, 5.74) is 0. The van der Waals surface area contributed by atoms with Gasteiger partial charge in [-0.05, 0) is 19.8 Å². The Morgan fingerprint density at radius 1 is 1.33 bits per heavy atom. The van der Waals surface area contributed by atoms with Gasteiger partial charge in [-0.1, -0.05) is 19.3 Å². The van der Waals surface area contributed by atoms with Gasteiger partial charge in [-0.25, -0.2) is 0 Å². The van der Waals surface area contributed by atoms with Crippen molar-refractivity contribution >= 4 is 11.8 Å². The smallest absolute Gasteiger partial charge is 0.306 e. The molecule has 1 fully saturated rings. The zero-order chi connectivity index (χ0) is 11.1. The third-order valence-corrected chi connectivity index (χ3v) is 2.90. The van der Waals surface area contributed by atoms with Crippen LogP contribution in [0.15, 0.2) is 0 Å². The fraction of sp³-hybridized carbons (Fsp3) is 0.833. The van der Waals surface area contributed by atoms with Crippen LogP contribution < -0.4 is 0 Å². The number of hydrogen-bond acceptors (Lipinski definition) is 3. The molecule has 0 amide bonds. The first-order chi connectivity index (χ1) is 7.24. The molecule has 15 heavy (non-hydrogen) atoms. The number of hydrogen-bond donors (Lipinski definition) is 0. The van der Waals surface area contributed by atoms with Crippen LogP contribution >= 0.6 is 0 Å². The van der Waals surface area contributed by atoms with Crippen LogP contribution in [-0.4, -0.2) is 18.4 Å². The summed E-state index contributed by atoms with van der Waals surface area (Å²) in [6.45, 7) is 2.19. The van der Waals surface area contributed by atoms with Gasteiger partial charge in [0.1, 0.15) is 5.78 Å².